The first kappa shape index (κ1) is 13.4. The maximum atomic E-state index is 5.71. The first-order chi connectivity index (χ1) is 8.63. The summed E-state index contributed by atoms with van der Waals surface area (Å²) in [5.41, 5.74) is 9.16. The summed E-state index contributed by atoms with van der Waals surface area (Å²) in [5, 5.41) is 5.20. The fourth-order valence-corrected chi connectivity index (χ4v) is 3.75. The summed E-state index contributed by atoms with van der Waals surface area (Å²) in [6.07, 6.45) is 0.983. The highest BCUT2D eigenvalue weighted by Crippen LogP contribution is 2.32. The van der Waals surface area contributed by atoms with Gasteiger partial charge in [-0.1, -0.05) is 18.3 Å². The molecule has 2 aromatic heterocycles. The molecule has 0 fully saturated rings. The van der Waals surface area contributed by atoms with Crippen LogP contribution in [0.3, 0.4) is 0 Å². The van der Waals surface area contributed by atoms with Gasteiger partial charge in [0.25, 0.3) is 0 Å². The molecule has 0 aliphatic carbocycles. The van der Waals surface area contributed by atoms with Gasteiger partial charge in [0.2, 0.25) is 0 Å². The van der Waals surface area contributed by atoms with Gasteiger partial charge in [-0.15, -0.1) is 11.8 Å². The molecule has 98 valence electrons. The molecule has 0 radical (unpaired) electrons. The Morgan fingerprint density at radius 3 is 2.78 bits per heavy atom. The molecular weight excluding hydrogens is 264 g/mol. The van der Waals surface area contributed by atoms with Gasteiger partial charge in [-0.3, -0.25) is 4.68 Å². The van der Waals surface area contributed by atoms with Crippen molar-refractivity contribution in [3.05, 3.63) is 23.1 Å². The number of anilines is 1. The standard InChI is InChI=1S/C12H18N4S2/c1-4-9-6-10(16(5-2)15-9)7-17-11-8(3)14-12(13)18-11/h6H,4-5,7H2,1-3H3,(H2,13,14). The lowest BCUT2D eigenvalue weighted by Crippen LogP contribution is -2.01. The van der Waals surface area contributed by atoms with Gasteiger partial charge in [-0.2, -0.15) is 5.10 Å². The third kappa shape index (κ3) is 2.87. The summed E-state index contributed by atoms with van der Waals surface area (Å²) in [7, 11) is 0. The summed E-state index contributed by atoms with van der Waals surface area (Å²) < 4.78 is 3.28. The van der Waals surface area contributed by atoms with Crippen molar-refractivity contribution in [2.24, 2.45) is 0 Å². The molecular formula is C12H18N4S2. The molecule has 0 aliphatic rings. The minimum absolute atomic E-state index is 0.647. The largest absolute Gasteiger partial charge is 0.375 e. The lowest BCUT2D eigenvalue weighted by molar-refractivity contribution is 0.628. The SMILES string of the molecule is CCc1cc(CSc2sc(N)nc2C)n(CC)n1. The van der Waals surface area contributed by atoms with Gasteiger partial charge in [0.05, 0.1) is 15.6 Å². The molecule has 4 nitrogen and oxygen atoms in total. The van der Waals surface area contributed by atoms with E-state index in [1.54, 1.807) is 23.1 Å². The molecule has 0 amide bonds. The zero-order chi connectivity index (χ0) is 13.1. The lowest BCUT2D eigenvalue weighted by atomic mass is 10.3. The molecule has 0 saturated heterocycles. The van der Waals surface area contributed by atoms with Crippen molar-refractivity contribution in [1.29, 1.82) is 0 Å². The summed E-state index contributed by atoms with van der Waals surface area (Å²) in [6.45, 7) is 7.17. The third-order valence-corrected chi connectivity index (χ3v) is 5.08. The highest BCUT2D eigenvalue weighted by molar-refractivity contribution is 8.00. The van der Waals surface area contributed by atoms with Crippen LogP contribution >= 0.6 is 23.1 Å². The highest BCUT2D eigenvalue weighted by atomic mass is 32.2. The Hall–Kier alpha value is -1.01. The molecule has 2 N–H and O–H groups in total. The van der Waals surface area contributed by atoms with Crippen molar-refractivity contribution in [2.75, 3.05) is 5.73 Å². The molecule has 0 aliphatic heterocycles. The monoisotopic (exact) mass is 282 g/mol. The Kier molecular flexibility index (Phi) is 4.29. The fourth-order valence-electron chi connectivity index (χ4n) is 1.75. The van der Waals surface area contributed by atoms with Crippen LogP contribution in [0.5, 0.6) is 0 Å². The predicted octanol–water partition coefficient (Wildman–Crippen LogP) is 3.10. The minimum Gasteiger partial charge on any atom is -0.375 e. The van der Waals surface area contributed by atoms with Crippen LogP contribution in [-0.4, -0.2) is 14.8 Å². The van der Waals surface area contributed by atoms with Gasteiger partial charge in [0, 0.05) is 18.0 Å². The number of hydrogen-bond acceptors (Lipinski definition) is 5. The van der Waals surface area contributed by atoms with Gasteiger partial charge >= 0.3 is 0 Å². The third-order valence-electron chi connectivity index (χ3n) is 2.70. The molecule has 18 heavy (non-hydrogen) atoms. The number of nitrogens with zero attached hydrogens (tertiary/aromatic N) is 3. The topological polar surface area (TPSA) is 56.7 Å². The van der Waals surface area contributed by atoms with E-state index in [0.29, 0.717) is 5.13 Å². The van der Waals surface area contributed by atoms with Crippen LogP contribution in [0.4, 0.5) is 5.13 Å². The molecule has 0 atom stereocenters. The summed E-state index contributed by atoms with van der Waals surface area (Å²) in [5.74, 6) is 0.920. The van der Waals surface area contributed by atoms with Gasteiger partial charge in [0.15, 0.2) is 5.13 Å². The van der Waals surface area contributed by atoms with Gasteiger partial charge in [0.1, 0.15) is 0 Å². The van der Waals surface area contributed by atoms with Crippen molar-refractivity contribution in [3.63, 3.8) is 0 Å². The average Bonchev–Trinajstić information content (AvgIpc) is 2.89. The zero-order valence-corrected chi connectivity index (χ0v) is 12.6. The van der Waals surface area contributed by atoms with Crippen LogP contribution in [0, 0.1) is 6.92 Å². The number of rotatable bonds is 5. The Morgan fingerprint density at radius 2 is 2.22 bits per heavy atom. The summed E-state index contributed by atoms with van der Waals surface area (Å²) in [6, 6.07) is 2.19. The number of hydrogen-bond donors (Lipinski definition) is 1. The van der Waals surface area contributed by atoms with E-state index in [1.807, 2.05) is 6.92 Å². The van der Waals surface area contributed by atoms with Crippen LogP contribution in [0.1, 0.15) is 30.9 Å². The zero-order valence-electron chi connectivity index (χ0n) is 10.9. The lowest BCUT2D eigenvalue weighted by Gasteiger charge is -2.03. The normalized spacial score (nSPS) is 11.1. The predicted molar refractivity (Wildman–Crippen MR) is 78.1 cm³/mol. The van der Waals surface area contributed by atoms with Crippen molar-refractivity contribution in [2.45, 2.75) is 43.7 Å². The molecule has 6 heteroatoms. The van der Waals surface area contributed by atoms with Crippen molar-refractivity contribution < 1.29 is 0 Å². The second-order valence-electron chi connectivity index (χ2n) is 4.01. The van der Waals surface area contributed by atoms with Crippen LogP contribution < -0.4 is 5.73 Å². The quantitative estimate of drug-likeness (QED) is 0.856. The Labute approximate surface area is 116 Å². The van der Waals surface area contributed by atoms with E-state index in [2.05, 4.69) is 34.7 Å². The maximum Gasteiger partial charge on any atom is 0.181 e. The first-order valence-electron chi connectivity index (χ1n) is 6.05. The van der Waals surface area contributed by atoms with Gasteiger partial charge < -0.3 is 5.73 Å². The smallest absolute Gasteiger partial charge is 0.181 e. The summed E-state index contributed by atoms with van der Waals surface area (Å²) in [4.78, 5) is 4.24. The molecule has 2 heterocycles. The average molecular weight is 282 g/mol. The maximum absolute atomic E-state index is 5.71. The van der Waals surface area contributed by atoms with Crippen molar-refractivity contribution in [1.82, 2.24) is 14.8 Å². The van der Waals surface area contributed by atoms with Gasteiger partial charge in [-0.05, 0) is 26.3 Å². The minimum atomic E-state index is 0.647. The van der Waals surface area contributed by atoms with Crippen LogP contribution in [0.2, 0.25) is 0 Å². The Bertz CT molecular complexity index is 530. The van der Waals surface area contributed by atoms with E-state index in [-0.39, 0.29) is 0 Å². The molecule has 0 spiro atoms. The van der Waals surface area contributed by atoms with E-state index in [0.717, 1.165) is 30.1 Å². The van der Waals surface area contributed by atoms with Crippen LogP contribution in [-0.2, 0) is 18.7 Å². The number of nitrogens with two attached hydrogens (primary N) is 1. The highest BCUT2D eigenvalue weighted by Gasteiger charge is 2.10. The molecule has 0 bridgehead atoms. The number of thioether (sulfide) groups is 1. The second-order valence-corrected chi connectivity index (χ2v) is 6.28. The van der Waals surface area contributed by atoms with E-state index in [1.165, 1.54) is 9.90 Å². The van der Waals surface area contributed by atoms with Crippen LogP contribution in [0.15, 0.2) is 10.3 Å². The van der Waals surface area contributed by atoms with E-state index in [4.69, 9.17) is 5.73 Å². The molecule has 2 aromatic rings. The second kappa shape index (κ2) is 5.75. The summed E-state index contributed by atoms with van der Waals surface area (Å²) >= 11 is 3.35. The van der Waals surface area contributed by atoms with Gasteiger partial charge in [-0.25, -0.2) is 4.98 Å². The van der Waals surface area contributed by atoms with Crippen molar-refractivity contribution >= 4 is 28.2 Å². The number of thiazole rings is 1. The van der Waals surface area contributed by atoms with Crippen LogP contribution in [0.25, 0.3) is 0 Å². The Morgan fingerprint density at radius 1 is 1.44 bits per heavy atom. The molecule has 0 saturated carbocycles. The Balaban J connectivity index is 2.10. The number of aryl methyl sites for hydroxylation is 3. The van der Waals surface area contributed by atoms with Crippen molar-refractivity contribution in [3.8, 4) is 0 Å². The fraction of sp³-hybridized carbons (Fsp3) is 0.500. The first-order valence-corrected chi connectivity index (χ1v) is 7.85. The number of nitrogen functional groups attached to an aromatic ring is 1. The molecule has 0 unspecified atom stereocenters. The number of aromatic nitrogens is 3. The van der Waals surface area contributed by atoms with E-state index in [9.17, 15) is 0 Å². The molecule has 0 aromatic carbocycles. The van der Waals surface area contributed by atoms with E-state index < -0.39 is 0 Å². The molecule has 2 rings (SSSR count). The van der Waals surface area contributed by atoms with E-state index >= 15 is 0 Å².